The number of nitrogens with two attached hydrogens (primary N) is 1. The van der Waals surface area contributed by atoms with Crippen LogP contribution in [0.5, 0.6) is 0 Å². The van der Waals surface area contributed by atoms with Gasteiger partial charge < -0.3 is 10.6 Å². The number of benzene rings is 1. The Hall–Kier alpha value is -1.00. The van der Waals surface area contributed by atoms with Crippen molar-refractivity contribution in [1.82, 2.24) is 0 Å². The molecule has 0 aliphatic carbocycles. The van der Waals surface area contributed by atoms with Gasteiger partial charge in [-0.2, -0.15) is 0 Å². The first-order valence-corrected chi connectivity index (χ1v) is 8.13. The van der Waals surface area contributed by atoms with E-state index in [4.69, 9.17) is 5.73 Å². The zero-order valence-corrected chi connectivity index (χ0v) is 13.4. The molecule has 1 aromatic carbocycles. The molecule has 1 aliphatic heterocycles. The minimum absolute atomic E-state index is 0.0655. The molecule has 0 aromatic heterocycles. The molecule has 4 heteroatoms. The second kappa shape index (κ2) is 6.19. The predicted octanol–water partition coefficient (Wildman–Crippen LogP) is 3.28. The normalized spacial score (nSPS) is 16.7. The third kappa shape index (κ3) is 4.00. The van der Waals surface area contributed by atoms with E-state index in [9.17, 15) is 4.79 Å². The van der Waals surface area contributed by atoms with Crippen molar-refractivity contribution in [2.45, 2.75) is 44.6 Å². The van der Waals surface area contributed by atoms with Gasteiger partial charge in [-0.1, -0.05) is 32.9 Å². The molecule has 20 heavy (non-hydrogen) atoms. The minimum Gasteiger partial charge on any atom is -0.327 e. The summed E-state index contributed by atoms with van der Waals surface area (Å²) < 4.78 is 0. The van der Waals surface area contributed by atoms with Crippen molar-refractivity contribution in [3.8, 4) is 0 Å². The molecular formula is C16H24N2OS. The fourth-order valence-electron chi connectivity index (χ4n) is 2.62. The number of hydrogen-bond acceptors (Lipinski definition) is 3. The highest BCUT2D eigenvalue weighted by Gasteiger charge is 2.25. The average molecular weight is 292 g/mol. The molecule has 2 rings (SSSR count). The van der Waals surface area contributed by atoms with Crippen LogP contribution in [0.15, 0.2) is 29.2 Å². The SMILES string of the molecule is CC(C)(C)CC(N)CC(=O)N1CCSc2ccccc21. The molecule has 110 valence electrons. The molecule has 0 radical (unpaired) electrons. The Labute approximate surface area is 125 Å². The van der Waals surface area contributed by atoms with Crippen molar-refractivity contribution in [2.75, 3.05) is 17.2 Å². The first kappa shape index (κ1) is 15.4. The number of nitrogens with zero attached hydrogens (tertiary/aromatic N) is 1. The maximum atomic E-state index is 12.5. The van der Waals surface area contributed by atoms with Gasteiger partial charge in [0.1, 0.15) is 0 Å². The van der Waals surface area contributed by atoms with Gasteiger partial charge in [-0.3, -0.25) is 4.79 Å². The van der Waals surface area contributed by atoms with Crippen molar-refractivity contribution in [3.05, 3.63) is 24.3 Å². The number of carbonyl (C=O) groups is 1. The molecule has 1 aromatic rings. The summed E-state index contributed by atoms with van der Waals surface area (Å²) in [6.45, 7) is 7.25. The summed E-state index contributed by atoms with van der Waals surface area (Å²) in [5.41, 5.74) is 7.34. The molecule has 0 saturated heterocycles. The van der Waals surface area contributed by atoms with Crippen molar-refractivity contribution in [2.24, 2.45) is 11.1 Å². The lowest BCUT2D eigenvalue weighted by Crippen LogP contribution is -2.40. The van der Waals surface area contributed by atoms with Crippen LogP contribution in [0.2, 0.25) is 0 Å². The summed E-state index contributed by atoms with van der Waals surface area (Å²) in [7, 11) is 0. The first-order chi connectivity index (χ1) is 9.37. The lowest BCUT2D eigenvalue weighted by atomic mass is 9.87. The second-order valence-electron chi connectivity index (χ2n) is 6.59. The highest BCUT2D eigenvalue weighted by molar-refractivity contribution is 7.99. The fourth-order valence-corrected chi connectivity index (χ4v) is 3.62. The summed E-state index contributed by atoms with van der Waals surface area (Å²) in [5.74, 6) is 1.10. The van der Waals surface area contributed by atoms with Crippen LogP contribution in [0.1, 0.15) is 33.6 Å². The molecular weight excluding hydrogens is 268 g/mol. The van der Waals surface area contributed by atoms with E-state index in [-0.39, 0.29) is 17.4 Å². The number of amides is 1. The molecule has 0 bridgehead atoms. The van der Waals surface area contributed by atoms with Gasteiger partial charge in [0.15, 0.2) is 0 Å². The molecule has 0 fully saturated rings. The monoisotopic (exact) mass is 292 g/mol. The summed E-state index contributed by atoms with van der Waals surface area (Å²) in [4.78, 5) is 15.6. The molecule has 2 N–H and O–H groups in total. The number of anilines is 1. The van der Waals surface area contributed by atoms with Crippen LogP contribution >= 0.6 is 11.8 Å². The number of carbonyl (C=O) groups excluding carboxylic acids is 1. The average Bonchev–Trinajstić information content (AvgIpc) is 2.35. The van der Waals surface area contributed by atoms with Crippen LogP contribution in [0, 0.1) is 5.41 Å². The third-order valence-electron chi connectivity index (χ3n) is 3.34. The molecule has 1 unspecified atom stereocenters. The predicted molar refractivity (Wildman–Crippen MR) is 86.2 cm³/mol. The largest absolute Gasteiger partial charge is 0.327 e. The number of hydrogen-bond donors (Lipinski definition) is 1. The molecule has 0 saturated carbocycles. The summed E-state index contributed by atoms with van der Waals surface area (Å²) in [5, 5.41) is 0. The van der Waals surface area contributed by atoms with E-state index < -0.39 is 0 Å². The Balaban J connectivity index is 2.04. The van der Waals surface area contributed by atoms with Gasteiger partial charge in [-0.15, -0.1) is 11.8 Å². The van der Waals surface area contributed by atoms with Crippen molar-refractivity contribution >= 4 is 23.4 Å². The third-order valence-corrected chi connectivity index (χ3v) is 4.38. The van der Waals surface area contributed by atoms with Crippen LogP contribution in [-0.4, -0.2) is 24.2 Å². The highest BCUT2D eigenvalue weighted by Crippen LogP contribution is 2.34. The topological polar surface area (TPSA) is 46.3 Å². The minimum atomic E-state index is -0.0655. The highest BCUT2D eigenvalue weighted by atomic mass is 32.2. The molecule has 1 atom stereocenters. The van der Waals surface area contributed by atoms with Gasteiger partial charge in [0.05, 0.1) is 5.69 Å². The van der Waals surface area contributed by atoms with Crippen LogP contribution in [0.3, 0.4) is 0 Å². The Morgan fingerprint density at radius 3 is 2.80 bits per heavy atom. The first-order valence-electron chi connectivity index (χ1n) is 7.14. The number of rotatable bonds is 3. The molecule has 1 amide bonds. The molecule has 1 aliphatic rings. The van der Waals surface area contributed by atoms with Gasteiger partial charge in [0, 0.05) is 29.7 Å². The Kier molecular flexibility index (Phi) is 4.76. The fraction of sp³-hybridized carbons (Fsp3) is 0.562. The van der Waals surface area contributed by atoms with E-state index >= 15 is 0 Å². The van der Waals surface area contributed by atoms with Gasteiger partial charge in [0.2, 0.25) is 5.91 Å². The van der Waals surface area contributed by atoms with Gasteiger partial charge >= 0.3 is 0 Å². The quantitative estimate of drug-likeness (QED) is 0.930. The number of fused-ring (bicyclic) bond motifs is 1. The standard InChI is InChI=1S/C16H24N2OS/c1-16(2,3)11-12(17)10-15(19)18-8-9-20-14-7-5-4-6-13(14)18/h4-7,12H,8-11,17H2,1-3H3. The van der Waals surface area contributed by atoms with Crippen LogP contribution in [0.25, 0.3) is 0 Å². The zero-order chi connectivity index (χ0) is 14.8. The maximum Gasteiger partial charge on any atom is 0.228 e. The maximum absolute atomic E-state index is 12.5. The van der Waals surface area contributed by atoms with E-state index in [1.165, 1.54) is 4.90 Å². The van der Waals surface area contributed by atoms with Crippen LogP contribution in [-0.2, 0) is 4.79 Å². The van der Waals surface area contributed by atoms with E-state index in [2.05, 4.69) is 26.8 Å². The summed E-state index contributed by atoms with van der Waals surface area (Å²) in [6, 6.07) is 8.04. The van der Waals surface area contributed by atoms with Crippen molar-refractivity contribution < 1.29 is 4.79 Å². The van der Waals surface area contributed by atoms with Gasteiger partial charge in [0.25, 0.3) is 0 Å². The summed E-state index contributed by atoms with van der Waals surface area (Å²) >= 11 is 1.81. The van der Waals surface area contributed by atoms with Crippen LogP contribution in [0.4, 0.5) is 5.69 Å². The molecule has 1 heterocycles. The zero-order valence-electron chi connectivity index (χ0n) is 12.6. The van der Waals surface area contributed by atoms with Crippen LogP contribution < -0.4 is 10.6 Å². The number of thioether (sulfide) groups is 1. The second-order valence-corrected chi connectivity index (χ2v) is 7.73. The number of para-hydroxylation sites is 1. The molecule has 0 spiro atoms. The van der Waals surface area contributed by atoms with E-state index in [0.717, 1.165) is 24.4 Å². The van der Waals surface area contributed by atoms with E-state index in [1.807, 2.05) is 34.9 Å². The summed E-state index contributed by atoms with van der Waals surface area (Å²) in [6.07, 6.45) is 1.29. The Morgan fingerprint density at radius 1 is 1.40 bits per heavy atom. The molecule has 3 nitrogen and oxygen atoms in total. The van der Waals surface area contributed by atoms with E-state index in [0.29, 0.717) is 6.42 Å². The van der Waals surface area contributed by atoms with Crippen molar-refractivity contribution in [3.63, 3.8) is 0 Å². The lowest BCUT2D eigenvalue weighted by molar-refractivity contribution is -0.119. The lowest BCUT2D eigenvalue weighted by Gasteiger charge is -2.30. The van der Waals surface area contributed by atoms with Gasteiger partial charge in [-0.25, -0.2) is 0 Å². The van der Waals surface area contributed by atoms with Crippen molar-refractivity contribution in [1.29, 1.82) is 0 Å². The van der Waals surface area contributed by atoms with Gasteiger partial charge in [-0.05, 0) is 24.0 Å². The van der Waals surface area contributed by atoms with E-state index in [1.54, 1.807) is 0 Å². The smallest absolute Gasteiger partial charge is 0.228 e. The Morgan fingerprint density at radius 2 is 2.10 bits per heavy atom. The Bertz CT molecular complexity index is 482.